The van der Waals surface area contributed by atoms with Crippen LogP contribution < -0.4 is 11.1 Å². The summed E-state index contributed by atoms with van der Waals surface area (Å²) in [6.45, 7) is 0.427. The Labute approximate surface area is 212 Å². The second-order valence-corrected chi connectivity index (χ2v) is 9.51. The van der Waals surface area contributed by atoms with Crippen LogP contribution in [0.5, 0.6) is 0 Å². The Bertz CT molecular complexity index is 1220. The molecule has 1 heterocycles. The molecule has 184 valence electrons. The van der Waals surface area contributed by atoms with Crippen molar-refractivity contribution >= 4 is 23.2 Å². The van der Waals surface area contributed by atoms with Crippen molar-refractivity contribution in [2.75, 3.05) is 5.73 Å². The summed E-state index contributed by atoms with van der Waals surface area (Å²) in [7, 11) is 0. The lowest BCUT2D eigenvalue weighted by atomic mass is 9.71. The molecule has 6 nitrogen and oxygen atoms in total. The second-order valence-electron chi connectivity index (χ2n) is 9.51. The van der Waals surface area contributed by atoms with E-state index in [4.69, 9.17) is 20.7 Å². The van der Waals surface area contributed by atoms with Crippen molar-refractivity contribution in [1.82, 2.24) is 5.32 Å². The number of nitrogens with zero attached hydrogens (tertiary/aromatic N) is 2. The third-order valence-electron chi connectivity index (χ3n) is 7.08. The van der Waals surface area contributed by atoms with E-state index in [9.17, 15) is 4.79 Å². The molecule has 3 aromatic carbocycles. The summed E-state index contributed by atoms with van der Waals surface area (Å²) < 4.78 is 6.17. The zero-order valence-electron chi connectivity index (χ0n) is 20.3. The molecule has 3 aromatic rings. The van der Waals surface area contributed by atoms with E-state index in [1.54, 1.807) is 0 Å². The molecule has 6 heteroatoms. The maximum absolute atomic E-state index is 13.0. The Balaban J connectivity index is 1.46. The first-order valence-corrected chi connectivity index (χ1v) is 12.7. The summed E-state index contributed by atoms with van der Waals surface area (Å²) in [6.07, 6.45) is 4.26. The second kappa shape index (κ2) is 11.2. The van der Waals surface area contributed by atoms with Crippen LogP contribution in [0.3, 0.4) is 0 Å². The first-order chi connectivity index (χ1) is 17.7. The third kappa shape index (κ3) is 5.48. The SMILES string of the molecule is Nc1ccc(C2=NN=C(c3ccccc3)C3CCCCCC(OC(=O)NCc4ccccc4)C23)cc1. The molecular formula is C30H32N4O2. The minimum atomic E-state index is -0.399. The largest absolute Gasteiger partial charge is 0.446 e. The van der Waals surface area contributed by atoms with E-state index >= 15 is 0 Å². The fourth-order valence-electron chi connectivity index (χ4n) is 5.29. The minimum Gasteiger partial charge on any atom is -0.446 e. The van der Waals surface area contributed by atoms with Crippen LogP contribution >= 0.6 is 0 Å². The van der Waals surface area contributed by atoms with Gasteiger partial charge in [-0.05, 0) is 48.1 Å². The van der Waals surface area contributed by atoms with Crippen LogP contribution in [-0.2, 0) is 11.3 Å². The molecule has 1 amide bonds. The predicted octanol–water partition coefficient (Wildman–Crippen LogP) is 5.97. The van der Waals surface area contributed by atoms with Gasteiger partial charge in [-0.15, -0.1) is 0 Å². The van der Waals surface area contributed by atoms with Gasteiger partial charge in [0.05, 0.1) is 11.4 Å². The van der Waals surface area contributed by atoms with E-state index < -0.39 is 6.09 Å². The van der Waals surface area contributed by atoms with Crippen molar-refractivity contribution in [3.05, 3.63) is 102 Å². The number of anilines is 1. The summed E-state index contributed by atoms with van der Waals surface area (Å²) in [6, 6.07) is 27.8. The molecule has 0 radical (unpaired) electrons. The van der Waals surface area contributed by atoms with E-state index in [0.29, 0.717) is 12.2 Å². The van der Waals surface area contributed by atoms with Crippen molar-refractivity contribution in [2.45, 2.75) is 44.8 Å². The number of fused-ring (bicyclic) bond motifs is 1. The van der Waals surface area contributed by atoms with E-state index in [1.165, 1.54) is 0 Å². The highest BCUT2D eigenvalue weighted by atomic mass is 16.6. The highest BCUT2D eigenvalue weighted by Crippen LogP contribution is 2.38. The first-order valence-electron chi connectivity index (χ1n) is 12.7. The Hall–Kier alpha value is -3.93. The van der Waals surface area contributed by atoms with Crippen LogP contribution in [0.1, 0.15) is 48.8 Å². The van der Waals surface area contributed by atoms with E-state index in [1.807, 2.05) is 72.8 Å². The van der Waals surface area contributed by atoms with Gasteiger partial charge in [0.15, 0.2) is 0 Å². The number of ether oxygens (including phenoxy) is 1. The number of carbonyl (C=O) groups is 1. The zero-order chi connectivity index (χ0) is 24.7. The Kier molecular flexibility index (Phi) is 7.41. The third-order valence-corrected chi connectivity index (χ3v) is 7.08. The summed E-state index contributed by atoms with van der Waals surface area (Å²) in [5.41, 5.74) is 11.6. The average molecular weight is 481 g/mol. The van der Waals surface area contributed by atoms with Crippen LogP contribution in [-0.4, -0.2) is 23.6 Å². The van der Waals surface area contributed by atoms with Gasteiger partial charge in [0.1, 0.15) is 6.10 Å². The maximum Gasteiger partial charge on any atom is 0.407 e. The van der Waals surface area contributed by atoms with Crippen LogP contribution in [0.25, 0.3) is 0 Å². The quantitative estimate of drug-likeness (QED) is 0.441. The molecule has 3 atom stereocenters. The summed E-state index contributed by atoms with van der Waals surface area (Å²) in [5, 5.41) is 12.4. The van der Waals surface area contributed by atoms with Crippen LogP contribution in [0, 0.1) is 11.8 Å². The molecule has 2 aliphatic rings. The summed E-state index contributed by atoms with van der Waals surface area (Å²) in [4.78, 5) is 13.0. The standard InChI is InChI=1S/C30H32N4O2/c31-24-18-16-23(17-19-24)29-27-25(28(33-34-29)22-12-6-2-7-13-22)14-8-3-9-15-26(27)36-30(35)32-20-21-10-4-1-5-11-21/h1-2,4-7,10-13,16-19,25-27H,3,8-9,14-15,20,31H2,(H,32,35). The van der Waals surface area contributed by atoms with Crippen molar-refractivity contribution in [2.24, 2.45) is 22.0 Å². The van der Waals surface area contributed by atoms with Gasteiger partial charge in [-0.1, -0.05) is 85.6 Å². The van der Waals surface area contributed by atoms with Crippen LogP contribution in [0.2, 0.25) is 0 Å². The lowest BCUT2D eigenvalue weighted by molar-refractivity contribution is 0.0577. The van der Waals surface area contributed by atoms with Gasteiger partial charge in [-0.3, -0.25) is 0 Å². The number of nitrogen functional groups attached to an aromatic ring is 1. The first kappa shape index (κ1) is 23.8. The smallest absolute Gasteiger partial charge is 0.407 e. The van der Waals surface area contributed by atoms with E-state index in [-0.39, 0.29) is 17.9 Å². The van der Waals surface area contributed by atoms with Crippen molar-refractivity contribution in [3.63, 3.8) is 0 Å². The normalized spacial score (nSPS) is 21.7. The Morgan fingerprint density at radius 1 is 0.806 bits per heavy atom. The van der Waals surface area contributed by atoms with E-state index in [2.05, 4.69) is 17.4 Å². The van der Waals surface area contributed by atoms with Crippen molar-refractivity contribution < 1.29 is 9.53 Å². The fraction of sp³-hybridized carbons (Fsp3) is 0.300. The van der Waals surface area contributed by atoms with E-state index in [0.717, 1.165) is 60.2 Å². The van der Waals surface area contributed by atoms with Crippen molar-refractivity contribution in [1.29, 1.82) is 0 Å². The zero-order valence-corrected chi connectivity index (χ0v) is 20.3. The molecule has 5 rings (SSSR count). The lowest BCUT2D eigenvalue weighted by Gasteiger charge is -2.38. The molecule has 1 aliphatic carbocycles. The molecular weight excluding hydrogens is 448 g/mol. The van der Waals surface area contributed by atoms with Gasteiger partial charge in [-0.2, -0.15) is 10.2 Å². The Morgan fingerprint density at radius 3 is 2.19 bits per heavy atom. The minimum absolute atomic E-state index is 0.0934. The number of hydrogen-bond donors (Lipinski definition) is 2. The molecule has 0 aromatic heterocycles. The van der Waals surface area contributed by atoms with Gasteiger partial charge in [0.25, 0.3) is 0 Å². The van der Waals surface area contributed by atoms with Gasteiger partial charge in [0.2, 0.25) is 0 Å². The molecule has 0 bridgehead atoms. The van der Waals surface area contributed by atoms with Gasteiger partial charge < -0.3 is 15.8 Å². The number of amides is 1. The predicted molar refractivity (Wildman–Crippen MR) is 144 cm³/mol. The van der Waals surface area contributed by atoms with Gasteiger partial charge >= 0.3 is 6.09 Å². The lowest BCUT2D eigenvalue weighted by Crippen LogP contribution is -2.45. The van der Waals surface area contributed by atoms with Crippen LogP contribution in [0.4, 0.5) is 10.5 Å². The highest BCUT2D eigenvalue weighted by molar-refractivity contribution is 6.12. The monoisotopic (exact) mass is 480 g/mol. The topological polar surface area (TPSA) is 89.1 Å². The fourth-order valence-corrected chi connectivity index (χ4v) is 5.29. The molecule has 0 saturated heterocycles. The molecule has 3 unspecified atom stereocenters. The number of benzene rings is 3. The highest BCUT2D eigenvalue weighted by Gasteiger charge is 2.42. The molecule has 3 N–H and O–H groups in total. The number of nitrogens with two attached hydrogens (primary N) is 1. The number of carbonyl (C=O) groups excluding carboxylic acids is 1. The summed E-state index contributed by atoms with van der Waals surface area (Å²) >= 11 is 0. The van der Waals surface area contributed by atoms with Crippen LogP contribution in [0.15, 0.2) is 95.1 Å². The molecule has 36 heavy (non-hydrogen) atoms. The average Bonchev–Trinajstić information content (AvgIpc) is 2.91. The number of alkyl carbamates (subject to hydrolysis) is 1. The van der Waals surface area contributed by atoms with Gasteiger partial charge in [0, 0.05) is 24.1 Å². The van der Waals surface area contributed by atoms with Crippen molar-refractivity contribution in [3.8, 4) is 0 Å². The summed E-state index contributed by atoms with van der Waals surface area (Å²) in [5.74, 6) is 0.00813. The number of hydrogen-bond acceptors (Lipinski definition) is 5. The molecule has 1 aliphatic heterocycles. The molecule has 0 spiro atoms. The Morgan fingerprint density at radius 2 is 1.44 bits per heavy atom. The maximum atomic E-state index is 13.0. The molecule has 1 saturated carbocycles. The van der Waals surface area contributed by atoms with Gasteiger partial charge in [-0.25, -0.2) is 4.79 Å². The number of rotatable bonds is 5. The number of nitrogens with one attached hydrogen (secondary N) is 1. The molecule has 1 fully saturated rings.